The maximum Gasteiger partial charge on any atom is 0.255 e. The lowest BCUT2D eigenvalue weighted by molar-refractivity contribution is 0.102. The van der Waals surface area contributed by atoms with Gasteiger partial charge in [0.2, 0.25) is 0 Å². The Hall–Kier alpha value is -3.42. The SMILES string of the molecule is Nc1ccc(COCCCCCNCc2ccc(C(=O)Nc3cccnc3N)cc2)cc1. The second kappa shape index (κ2) is 12.4. The molecule has 0 fully saturated rings. The third-order valence-electron chi connectivity index (χ3n) is 5.02. The van der Waals surface area contributed by atoms with E-state index < -0.39 is 0 Å². The van der Waals surface area contributed by atoms with Crippen LogP contribution in [0, 0.1) is 0 Å². The van der Waals surface area contributed by atoms with E-state index in [9.17, 15) is 4.79 Å². The highest BCUT2D eigenvalue weighted by Crippen LogP contribution is 2.15. The molecule has 0 aliphatic heterocycles. The summed E-state index contributed by atoms with van der Waals surface area (Å²) < 4.78 is 5.71. The second-order valence-electron chi connectivity index (χ2n) is 7.62. The van der Waals surface area contributed by atoms with Gasteiger partial charge in [-0.15, -0.1) is 0 Å². The number of benzene rings is 2. The lowest BCUT2D eigenvalue weighted by Crippen LogP contribution is -2.16. The zero-order valence-electron chi connectivity index (χ0n) is 18.2. The lowest BCUT2D eigenvalue weighted by Gasteiger charge is -2.09. The number of aromatic nitrogens is 1. The molecule has 168 valence electrons. The predicted molar refractivity (Wildman–Crippen MR) is 129 cm³/mol. The summed E-state index contributed by atoms with van der Waals surface area (Å²) in [4.78, 5) is 16.3. The minimum atomic E-state index is -0.206. The van der Waals surface area contributed by atoms with Crippen LogP contribution in [0.3, 0.4) is 0 Å². The Bertz CT molecular complexity index is 974. The molecule has 1 heterocycles. The number of nitrogen functional groups attached to an aromatic ring is 2. The van der Waals surface area contributed by atoms with Gasteiger partial charge < -0.3 is 26.8 Å². The first-order chi connectivity index (χ1) is 15.6. The molecule has 0 spiro atoms. The zero-order chi connectivity index (χ0) is 22.6. The Morgan fingerprint density at radius 2 is 1.66 bits per heavy atom. The fourth-order valence-corrected chi connectivity index (χ4v) is 3.16. The van der Waals surface area contributed by atoms with Crippen LogP contribution < -0.4 is 22.1 Å². The smallest absolute Gasteiger partial charge is 0.255 e. The van der Waals surface area contributed by atoms with E-state index in [1.807, 2.05) is 48.5 Å². The fraction of sp³-hybridized carbons (Fsp3) is 0.280. The van der Waals surface area contributed by atoms with Crippen LogP contribution in [0.5, 0.6) is 0 Å². The number of rotatable bonds is 12. The number of carbonyl (C=O) groups excluding carboxylic acids is 1. The van der Waals surface area contributed by atoms with Gasteiger partial charge in [-0.25, -0.2) is 4.98 Å². The third kappa shape index (κ3) is 7.68. The fourth-order valence-electron chi connectivity index (χ4n) is 3.16. The quantitative estimate of drug-likeness (QED) is 0.254. The van der Waals surface area contributed by atoms with Crippen LogP contribution in [0.25, 0.3) is 0 Å². The molecule has 7 nitrogen and oxygen atoms in total. The molecule has 1 amide bonds. The molecule has 2 aromatic carbocycles. The Balaban J connectivity index is 1.26. The minimum Gasteiger partial charge on any atom is -0.399 e. The maximum atomic E-state index is 12.4. The van der Waals surface area contributed by atoms with Gasteiger partial charge in [0.05, 0.1) is 12.3 Å². The van der Waals surface area contributed by atoms with Crippen molar-refractivity contribution in [2.75, 3.05) is 29.9 Å². The Kier molecular flexibility index (Phi) is 9.04. The number of anilines is 3. The largest absolute Gasteiger partial charge is 0.399 e. The molecule has 0 unspecified atom stereocenters. The van der Waals surface area contributed by atoms with Crippen molar-refractivity contribution in [2.45, 2.75) is 32.4 Å². The van der Waals surface area contributed by atoms with Crippen molar-refractivity contribution in [3.05, 3.63) is 83.6 Å². The van der Waals surface area contributed by atoms with Gasteiger partial charge in [0, 0.05) is 30.6 Å². The third-order valence-corrected chi connectivity index (χ3v) is 5.02. The molecule has 0 aliphatic rings. The van der Waals surface area contributed by atoms with Gasteiger partial charge in [-0.3, -0.25) is 4.79 Å². The van der Waals surface area contributed by atoms with Gasteiger partial charge in [-0.2, -0.15) is 0 Å². The zero-order valence-corrected chi connectivity index (χ0v) is 18.2. The number of hydrogen-bond donors (Lipinski definition) is 4. The van der Waals surface area contributed by atoms with E-state index in [0.717, 1.165) is 55.8 Å². The van der Waals surface area contributed by atoms with E-state index in [1.165, 1.54) is 0 Å². The van der Waals surface area contributed by atoms with Crippen LogP contribution in [-0.2, 0) is 17.9 Å². The Morgan fingerprint density at radius 1 is 0.906 bits per heavy atom. The number of pyridine rings is 1. The van der Waals surface area contributed by atoms with Gasteiger partial charge in [0.15, 0.2) is 0 Å². The number of nitrogens with one attached hydrogen (secondary N) is 2. The van der Waals surface area contributed by atoms with Crippen molar-refractivity contribution in [3.63, 3.8) is 0 Å². The first kappa shape index (κ1) is 23.2. The van der Waals surface area contributed by atoms with Crippen LogP contribution in [0.1, 0.15) is 40.7 Å². The number of amides is 1. The van der Waals surface area contributed by atoms with E-state index in [4.69, 9.17) is 16.2 Å². The number of carbonyl (C=O) groups is 1. The van der Waals surface area contributed by atoms with E-state index in [1.54, 1.807) is 18.3 Å². The van der Waals surface area contributed by atoms with E-state index in [0.29, 0.717) is 23.7 Å². The molecule has 6 N–H and O–H groups in total. The molecular weight excluding hydrogens is 402 g/mol. The highest BCUT2D eigenvalue weighted by atomic mass is 16.5. The molecule has 0 aliphatic carbocycles. The summed E-state index contributed by atoms with van der Waals surface area (Å²) in [6.07, 6.45) is 4.84. The topological polar surface area (TPSA) is 115 Å². The van der Waals surface area contributed by atoms with E-state index in [2.05, 4.69) is 15.6 Å². The lowest BCUT2D eigenvalue weighted by atomic mass is 10.1. The summed E-state index contributed by atoms with van der Waals surface area (Å²) in [5.41, 5.74) is 15.6. The summed E-state index contributed by atoms with van der Waals surface area (Å²) in [5, 5.41) is 6.22. The first-order valence-electron chi connectivity index (χ1n) is 10.9. The summed E-state index contributed by atoms with van der Waals surface area (Å²) in [6, 6.07) is 18.8. The maximum absolute atomic E-state index is 12.4. The van der Waals surface area contributed by atoms with Gasteiger partial charge in [-0.05, 0) is 73.3 Å². The molecule has 0 bridgehead atoms. The number of ether oxygens (including phenoxy) is 1. The molecule has 0 radical (unpaired) electrons. The van der Waals surface area contributed by atoms with Crippen LogP contribution in [0.4, 0.5) is 17.2 Å². The second-order valence-corrected chi connectivity index (χ2v) is 7.62. The standard InChI is InChI=1S/C25H31N5O2/c26-22-12-8-20(9-13-22)18-32-16-3-1-2-14-28-17-19-6-10-21(11-7-19)25(31)30-23-5-4-15-29-24(23)27/h4-13,15,28H,1-3,14,16-18,26H2,(H2,27,29)(H,30,31). The average Bonchev–Trinajstić information content (AvgIpc) is 2.81. The molecule has 7 heteroatoms. The van der Waals surface area contributed by atoms with Crippen molar-refractivity contribution in [1.29, 1.82) is 0 Å². The monoisotopic (exact) mass is 433 g/mol. The molecular formula is C25H31N5O2. The van der Waals surface area contributed by atoms with Crippen molar-refractivity contribution in [3.8, 4) is 0 Å². The van der Waals surface area contributed by atoms with Crippen LogP contribution in [0.2, 0.25) is 0 Å². The summed E-state index contributed by atoms with van der Waals surface area (Å²) in [6.45, 7) is 3.10. The molecule has 0 saturated heterocycles. The van der Waals surface area contributed by atoms with Crippen molar-refractivity contribution in [1.82, 2.24) is 10.3 Å². The van der Waals surface area contributed by atoms with Gasteiger partial charge >= 0.3 is 0 Å². The van der Waals surface area contributed by atoms with E-state index >= 15 is 0 Å². The Labute approximate surface area is 189 Å². The highest BCUT2D eigenvalue weighted by molar-refractivity contribution is 6.05. The van der Waals surface area contributed by atoms with Crippen LogP contribution >= 0.6 is 0 Å². The van der Waals surface area contributed by atoms with Crippen molar-refractivity contribution >= 4 is 23.1 Å². The Morgan fingerprint density at radius 3 is 2.41 bits per heavy atom. The van der Waals surface area contributed by atoms with Crippen LogP contribution in [0.15, 0.2) is 66.9 Å². The molecule has 3 rings (SSSR count). The molecule has 32 heavy (non-hydrogen) atoms. The van der Waals surface area contributed by atoms with Crippen molar-refractivity contribution < 1.29 is 9.53 Å². The van der Waals surface area contributed by atoms with Crippen LogP contribution in [-0.4, -0.2) is 24.0 Å². The van der Waals surface area contributed by atoms with Gasteiger partial charge in [-0.1, -0.05) is 24.3 Å². The normalized spacial score (nSPS) is 10.8. The number of nitrogens with two attached hydrogens (primary N) is 2. The number of nitrogens with zero attached hydrogens (tertiary/aromatic N) is 1. The number of hydrogen-bond acceptors (Lipinski definition) is 6. The molecule has 1 aromatic heterocycles. The summed E-state index contributed by atoms with van der Waals surface area (Å²) in [5.74, 6) is 0.0952. The van der Waals surface area contributed by atoms with E-state index in [-0.39, 0.29) is 5.91 Å². The summed E-state index contributed by atoms with van der Waals surface area (Å²) in [7, 11) is 0. The predicted octanol–water partition coefficient (Wildman–Crippen LogP) is 3.98. The van der Waals surface area contributed by atoms with Crippen molar-refractivity contribution in [2.24, 2.45) is 0 Å². The average molecular weight is 434 g/mol. The summed E-state index contributed by atoms with van der Waals surface area (Å²) >= 11 is 0. The highest BCUT2D eigenvalue weighted by Gasteiger charge is 2.08. The molecule has 3 aromatic rings. The van der Waals surface area contributed by atoms with Gasteiger partial charge in [0.1, 0.15) is 5.82 Å². The first-order valence-corrected chi connectivity index (χ1v) is 10.9. The minimum absolute atomic E-state index is 0.206. The molecule has 0 atom stereocenters. The molecule has 0 saturated carbocycles. The number of unbranched alkanes of at least 4 members (excludes halogenated alkanes) is 2. The van der Waals surface area contributed by atoms with Gasteiger partial charge in [0.25, 0.3) is 5.91 Å².